The van der Waals surface area contributed by atoms with Crippen LogP contribution in [0.25, 0.3) is 0 Å². The van der Waals surface area contributed by atoms with Crippen LogP contribution in [0.1, 0.15) is 43.1 Å². The molecule has 3 N–H and O–H groups in total. The van der Waals surface area contributed by atoms with Gasteiger partial charge in [0, 0.05) is 29.3 Å². The molecule has 0 saturated heterocycles. The highest BCUT2D eigenvalue weighted by atomic mass is 16.5. The molecule has 0 aliphatic carbocycles. The van der Waals surface area contributed by atoms with Crippen molar-refractivity contribution in [2.45, 2.75) is 39.8 Å². The number of anilines is 1. The summed E-state index contributed by atoms with van der Waals surface area (Å²) >= 11 is 0. The first-order valence-electron chi connectivity index (χ1n) is 6.29. The normalized spacial score (nSPS) is 10.3. The van der Waals surface area contributed by atoms with E-state index in [1.54, 1.807) is 19.1 Å². The van der Waals surface area contributed by atoms with Gasteiger partial charge in [-0.25, -0.2) is 0 Å². The Morgan fingerprint density at radius 1 is 1.37 bits per heavy atom. The van der Waals surface area contributed by atoms with Gasteiger partial charge in [-0.2, -0.15) is 0 Å². The van der Waals surface area contributed by atoms with Crippen molar-refractivity contribution in [1.29, 1.82) is 0 Å². The van der Waals surface area contributed by atoms with Gasteiger partial charge < -0.3 is 15.8 Å². The number of ether oxygens (including phenoxy) is 1. The summed E-state index contributed by atoms with van der Waals surface area (Å²) in [5.41, 5.74) is 7.14. The zero-order chi connectivity index (χ0) is 14.4. The molecule has 1 aromatic carbocycles. The van der Waals surface area contributed by atoms with E-state index in [-0.39, 0.29) is 18.6 Å². The summed E-state index contributed by atoms with van der Waals surface area (Å²) in [7, 11) is 0. The molecule has 1 rings (SSSR count). The molecule has 5 nitrogen and oxygen atoms in total. The summed E-state index contributed by atoms with van der Waals surface area (Å²) in [6.45, 7) is 5.78. The first kappa shape index (κ1) is 15.0. The Kier molecular flexibility index (Phi) is 5.36. The number of primary amides is 1. The third-order valence-electron chi connectivity index (χ3n) is 2.51. The van der Waals surface area contributed by atoms with Crippen LogP contribution < -0.4 is 11.1 Å². The van der Waals surface area contributed by atoms with Crippen LogP contribution in [0.2, 0.25) is 0 Å². The van der Waals surface area contributed by atoms with E-state index in [9.17, 15) is 9.59 Å². The van der Waals surface area contributed by atoms with E-state index in [2.05, 4.69) is 5.32 Å². The highest BCUT2D eigenvalue weighted by Gasteiger charge is 2.11. The second-order valence-corrected chi connectivity index (χ2v) is 4.55. The molecule has 0 atom stereocenters. The van der Waals surface area contributed by atoms with Crippen LogP contribution in [0.15, 0.2) is 18.2 Å². The Morgan fingerprint density at radius 2 is 2.05 bits per heavy atom. The minimum absolute atomic E-state index is 0.0624. The van der Waals surface area contributed by atoms with Crippen molar-refractivity contribution < 1.29 is 14.3 Å². The third kappa shape index (κ3) is 4.62. The number of nitrogens with one attached hydrogen (secondary N) is 1. The number of hydrogen-bond donors (Lipinski definition) is 2. The van der Waals surface area contributed by atoms with Crippen LogP contribution in [0.4, 0.5) is 5.69 Å². The van der Waals surface area contributed by atoms with E-state index in [1.165, 1.54) is 0 Å². The number of hydrogen-bond acceptors (Lipinski definition) is 4. The first-order chi connectivity index (χ1) is 8.93. The maximum absolute atomic E-state index is 11.4. The van der Waals surface area contributed by atoms with E-state index in [4.69, 9.17) is 10.5 Å². The summed E-state index contributed by atoms with van der Waals surface area (Å²) in [6, 6.07) is 5.51. The van der Waals surface area contributed by atoms with Crippen molar-refractivity contribution in [3.63, 3.8) is 0 Å². The fraction of sp³-hybridized carbons (Fsp3) is 0.429. The molecular formula is C14H20N2O3. The minimum atomic E-state index is -0.532. The summed E-state index contributed by atoms with van der Waals surface area (Å²) in [5.74, 6) is -0.838. The summed E-state index contributed by atoms with van der Waals surface area (Å²) in [4.78, 5) is 22.6. The third-order valence-corrected chi connectivity index (χ3v) is 2.51. The van der Waals surface area contributed by atoms with Gasteiger partial charge >= 0.3 is 5.97 Å². The predicted octanol–water partition coefficient (Wildman–Crippen LogP) is 2.06. The number of amides is 1. The van der Waals surface area contributed by atoms with Gasteiger partial charge in [-0.1, -0.05) is 13.0 Å². The second-order valence-electron chi connectivity index (χ2n) is 4.55. The van der Waals surface area contributed by atoms with Crippen LogP contribution in [-0.2, 0) is 16.1 Å². The topological polar surface area (TPSA) is 81.4 Å². The van der Waals surface area contributed by atoms with Gasteiger partial charge in [-0.15, -0.1) is 0 Å². The van der Waals surface area contributed by atoms with Gasteiger partial charge in [0.05, 0.1) is 0 Å². The highest BCUT2D eigenvalue weighted by molar-refractivity contribution is 5.95. The van der Waals surface area contributed by atoms with Gasteiger partial charge in [0.2, 0.25) is 5.91 Å². The van der Waals surface area contributed by atoms with E-state index in [0.717, 1.165) is 5.69 Å². The molecule has 104 valence electrons. The zero-order valence-electron chi connectivity index (χ0n) is 11.5. The lowest BCUT2D eigenvalue weighted by atomic mass is 10.1. The van der Waals surface area contributed by atoms with Crippen LogP contribution in [0.5, 0.6) is 0 Å². The largest absolute Gasteiger partial charge is 0.461 e. The lowest BCUT2D eigenvalue weighted by Gasteiger charge is -2.13. The predicted molar refractivity (Wildman–Crippen MR) is 73.8 cm³/mol. The molecular weight excluding hydrogens is 244 g/mol. The van der Waals surface area contributed by atoms with Crippen LogP contribution in [-0.4, -0.2) is 17.9 Å². The Balaban J connectivity index is 2.91. The molecule has 0 aliphatic rings. The van der Waals surface area contributed by atoms with Gasteiger partial charge in [-0.3, -0.25) is 9.59 Å². The van der Waals surface area contributed by atoms with Crippen molar-refractivity contribution in [2.24, 2.45) is 5.73 Å². The van der Waals surface area contributed by atoms with Gasteiger partial charge in [-0.05, 0) is 26.0 Å². The van der Waals surface area contributed by atoms with Crippen molar-refractivity contribution in [3.8, 4) is 0 Å². The molecule has 5 heteroatoms. The van der Waals surface area contributed by atoms with Gasteiger partial charge in [0.1, 0.15) is 6.61 Å². The molecule has 19 heavy (non-hydrogen) atoms. The fourth-order valence-corrected chi connectivity index (χ4v) is 1.62. The monoisotopic (exact) mass is 264 g/mol. The minimum Gasteiger partial charge on any atom is -0.461 e. The summed E-state index contributed by atoms with van der Waals surface area (Å²) in [6.07, 6.45) is 0.304. The standard InChI is InChI=1S/C14H20N2O3/c1-4-13(17)19-8-10-5-6-11(16-9(2)3)7-12(10)14(15)18/h5-7,9,16H,4,8H2,1-3H3,(H2,15,18). The number of carbonyl (C=O) groups is 2. The molecule has 0 radical (unpaired) electrons. The van der Waals surface area contributed by atoms with E-state index in [1.807, 2.05) is 19.9 Å². The molecule has 1 amide bonds. The van der Waals surface area contributed by atoms with E-state index in [0.29, 0.717) is 17.5 Å². The van der Waals surface area contributed by atoms with Crippen LogP contribution in [0, 0.1) is 0 Å². The summed E-state index contributed by atoms with van der Waals surface area (Å²) < 4.78 is 5.02. The lowest BCUT2D eigenvalue weighted by Crippen LogP contribution is -2.17. The number of carbonyl (C=O) groups excluding carboxylic acids is 2. The Hall–Kier alpha value is -2.04. The SMILES string of the molecule is CCC(=O)OCc1ccc(NC(C)C)cc1C(N)=O. The van der Waals surface area contributed by atoms with E-state index >= 15 is 0 Å². The lowest BCUT2D eigenvalue weighted by molar-refractivity contribution is -0.144. The molecule has 0 aromatic heterocycles. The average molecular weight is 264 g/mol. The van der Waals surface area contributed by atoms with Gasteiger partial charge in [0.15, 0.2) is 0 Å². The Labute approximate surface area is 113 Å². The molecule has 0 fully saturated rings. The number of rotatable bonds is 6. The van der Waals surface area contributed by atoms with Crippen LogP contribution in [0.3, 0.4) is 0 Å². The Bertz CT molecular complexity index is 470. The molecule has 0 aliphatic heterocycles. The Morgan fingerprint density at radius 3 is 2.58 bits per heavy atom. The number of benzene rings is 1. The smallest absolute Gasteiger partial charge is 0.305 e. The number of esters is 1. The fourth-order valence-electron chi connectivity index (χ4n) is 1.62. The van der Waals surface area contributed by atoms with Crippen molar-refractivity contribution in [1.82, 2.24) is 0 Å². The summed E-state index contributed by atoms with van der Waals surface area (Å²) in [5, 5.41) is 3.19. The second kappa shape index (κ2) is 6.78. The highest BCUT2D eigenvalue weighted by Crippen LogP contribution is 2.17. The van der Waals surface area contributed by atoms with Crippen molar-refractivity contribution in [2.75, 3.05) is 5.32 Å². The molecule has 1 aromatic rings. The van der Waals surface area contributed by atoms with Crippen molar-refractivity contribution in [3.05, 3.63) is 29.3 Å². The maximum Gasteiger partial charge on any atom is 0.305 e. The van der Waals surface area contributed by atoms with E-state index < -0.39 is 5.91 Å². The molecule has 0 bridgehead atoms. The molecule has 0 saturated carbocycles. The van der Waals surface area contributed by atoms with Crippen LogP contribution >= 0.6 is 0 Å². The zero-order valence-corrected chi connectivity index (χ0v) is 11.5. The molecule has 0 spiro atoms. The molecule has 0 unspecified atom stereocenters. The van der Waals surface area contributed by atoms with Crippen molar-refractivity contribution >= 4 is 17.6 Å². The quantitative estimate of drug-likeness (QED) is 0.770. The average Bonchev–Trinajstić information content (AvgIpc) is 2.35. The molecule has 0 heterocycles. The first-order valence-corrected chi connectivity index (χ1v) is 6.29. The number of nitrogens with two attached hydrogens (primary N) is 1. The van der Waals surface area contributed by atoms with Gasteiger partial charge in [0.25, 0.3) is 0 Å². The maximum atomic E-state index is 11.4.